The molecule has 0 fully saturated rings. The van der Waals surface area contributed by atoms with Crippen molar-refractivity contribution in [1.82, 2.24) is 15.0 Å². The largest absolute Gasteiger partial charge is 0.382 e. The van der Waals surface area contributed by atoms with E-state index in [-0.39, 0.29) is 22.9 Å². The van der Waals surface area contributed by atoms with Crippen LogP contribution in [0.4, 0.5) is 23.2 Å². The summed E-state index contributed by atoms with van der Waals surface area (Å²) in [6, 6.07) is 6.96. The van der Waals surface area contributed by atoms with Gasteiger partial charge in [-0.3, -0.25) is 0 Å². The van der Waals surface area contributed by atoms with Gasteiger partial charge in [0, 0.05) is 36.0 Å². The molecule has 2 aromatic heterocycles. The van der Waals surface area contributed by atoms with Gasteiger partial charge >= 0.3 is 0 Å². The summed E-state index contributed by atoms with van der Waals surface area (Å²) in [7, 11) is 0. The van der Waals surface area contributed by atoms with Crippen molar-refractivity contribution in [3.8, 4) is 22.4 Å². The number of pyridine rings is 1. The molecular weight excluding hydrogens is 408 g/mol. The fourth-order valence-electron chi connectivity index (χ4n) is 3.20. The molecule has 0 saturated heterocycles. The molecule has 8 heteroatoms. The smallest absolute Gasteiger partial charge is 0.180 e. The third-order valence-electron chi connectivity index (χ3n) is 4.68. The third-order valence-corrected chi connectivity index (χ3v) is 4.68. The molecule has 0 atom stereocenters. The Bertz CT molecular complexity index is 1230. The third kappa shape index (κ3) is 4.19. The first-order valence-corrected chi connectivity index (χ1v) is 9.64. The number of rotatable bonds is 5. The second-order valence-corrected chi connectivity index (χ2v) is 7.50. The SMILES string of the molecule is CC(C)CNc1c(-c2c(F)cc(F)cc2F)cnc2ncc(-c3ccc(F)cc3)nc12. The van der Waals surface area contributed by atoms with E-state index in [4.69, 9.17) is 0 Å². The lowest BCUT2D eigenvalue weighted by atomic mass is 10.0. The van der Waals surface area contributed by atoms with Crippen molar-refractivity contribution in [2.45, 2.75) is 13.8 Å². The van der Waals surface area contributed by atoms with Crippen LogP contribution < -0.4 is 5.32 Å². The fraction of sp³-hybridized carbons (Fsp3) is 0.174. The number of halogens is 4. The molecule has 0 unspecified atom stereocenters. The van der Waals surface area contributed by atoms with Crippen LogP contribution in [-0.4, -0.2) is 21.5 Å². The maximum absolute atomic E-state index is 14.6. The molecule has 1 N–H and O–H groups in total. The Hall–Kier alpha value is -3.55. The molecule has 4 aromatic rings. The summed E-state index contributed by atoms with van der Waals surface area (Å²) in [5, 5.41) is 3.18. The van der Waals surface area contributed by atoms with Gasteiger partial charge in [0.2, 0.25) is 0 Å². The minimum Gasteiger partial charge on any atom is -0.382 e. The first kappa shape index (κ1) is 20.7. The number of anilines is 1. The summed E-state index contributed by atoms with van der Waals surface area (Å²) >= 11 is 0. The lowest BCUT2D eigenvalue weighted by Crippen LogP contribution is -2.11. The van der Waals surface area contributed by atoms with E-state index in [9.17, 15) is 17.6 Å². The van der Waals surface area contributed by atoms with Gasteiger partial charge in [0.05, 0.1) is 23.1 Å². The second-order valence-electron chi connectivity index (χ2n) is 7.50. The van der Waals surface area contributed by atoms with E-state index in [1.165, 1.54) is 24.5 Å². The zero-order valence-electron chi connectivity index (χ0n) is 16.8. The number of nitrogens with one attached hydrogen (secondary N) is 1. The predicted molar refractivity (Wildman–Crippen MR) is 111 cm³/mol. The standard InChI is InChI=1S/C23H18F4N4/c1-12(2)9-28-21-16(20-17(26)7-15(25)8-18(20)27)10-29-23-22(21)31-19(11-30-23)13-3-5-14(24)6-4-13/h3-8,10-12H,9H2,1-2H3,(H,28,29,30). The van der Waals surface area contributed by atoms with E-state index < -0.39 is 23.0 Å². The van der Waals surface area contributed by atoms with Crippen molar-refractivity contribution in [2.24, 2.45) is 5.92 Å². The number of fused-ring (bicyclic) bond motifs is 1. The van der Waals surface area contributed by atoms with Gasteiger partial charge in [-0.1, -0.05) is 13.8 Å². The number of nitrogens with zero attached hydrogens (tertiary/aromatic N) is 3. The topological polar surface area (TPSA) is 50.7 Å². The van der Waals surface area contributed by atoms with Crippen LogP contribution in [0.15, 0.2) is 48.8 Å². The number of hydrogen-bond acceptors (Lipinski definition) is 4. The molecule has 0 saturated carbocycles. The zero-order chi connectivity index (χ0) is 22.1. The van der Waals surface area contributed by atoms with Crippen LogP contribution in [0, 0.1) is 29.2 Å². The van der Waals surface area contributed by atoms with Crippen molar-refractivity contribution >= 4 is 16.9 Å². The van der Waals surface area contributed by atoms with Gasteiger partial charge in [0.1, 0.15) is 28.8 Å². The predicted octanol–water partition coefficient (Wildman–Crippen LogP) is 5.98. The van der Waals surface area contributed by atoms with Crippen LogP contribution in [0.2, 0.25) is 0 Å². The normalized spacial score (nSPS) is 11.3. The van der Waals surface area contributed by atoms with Crippen LogP contribution in [0.5, 0.6) is 0 Å². The van der Waals surface area contributed by atoms with Gasteiger partial charge in [-0.05, 0) is 30.2 Å². The Labute approximate surface area is 176 Å². The van der Waals surface area contributed by atoms with Crippen LogP contribution in [-0.2, 0) is 0 Å². The van der Waals surface area contributed by atoms with Gasteiger partial charge < -0.3 is 5.32 Å². The summed E-state index contributed by atoms with van der Waals surface area (Å²) in [6.07, 6.45) is 2.78. The van der Waals surface area contributed by atoms with Gasteiger partial charge in [0.15, 0.2) is 5.65 Å². The molecule has 0 amide bonds. The first-order valence-electron chi connectivity index (χ1n) is 9.64. The van der Waals surface area contributed by atoms with Crippen LogP contribution in [0.1, 0.15) is 13.8 Å². The Balaban J connectivity index is 1.96. The van der Waals surface area contributed by atoms with Gasteiger partial charge in [-0.25, -0.2) is 32.5 Å². The monoisotopic (exact) mass is 426 g/mol. The Kier molecular flexibility index (Phi) is 5.54. The van der Waals surface area contributed by atoms with Gasteiger partial charge in [-0.15, -0.1) is 0 Å². The van der Waals surface area contributed by atoms with Gasteiger partial charge in [-0.2, -0.15) is 0 Å². The zero-order valence-corrected chi connectivity index (χ0v) is 16.8. The summed E-state index contributed by atoms with van der Waals surface area (Å²) in [5.41, 5.74) is 1.66. The first-order chi connectivity index (χ1) is 14.8. The maximum Gasteiger partial charge on any atom is 0.180 e. The van der Waals surface area contributed by atoms with E-state index in [0.29, 0.717) is 41.1 Å². The molecule has 31 heavy (non-hydrogen) atoms. The quantitative estimate of drug-likeness (QED) is 0.399. The molecule has 2 heterocycles. The molecular formula is C23H18F4N4. The summed E-state index contributed by atoms with van der Waals surface area (Å²) < 4.78 is 55.8. The Morgan fingerprint density at radius 3 is 2.16 bits per heavy atom. The van der Waals surface area contributed by atoms with Crippen LogP contribution >= 0.6 is 0 Å². The highest BCUT2D eigenvalue weighted by Gasteiger charge is 2.21. The molecule has 0 radical (unpaired) electrons. The minimum absolute atomic E-state index is 0.105. The van der Waals surface area contributed by atoms with Crippen molar-refractivity contribution < 1.29 is 17.6 Å². The molecule has 0 spiro atoms. The summed E-state index contributed by atoms with van der Waals surface area (Å²) in [5.74, 6) is -3.28. The van der Waals surface area contributed by atoms with E-state index in [1.807, 2.05) is 13.8 Å². The molecule has 0 aliphatic heterocycles. The Morgan fingerprint density at radius 2 is 1.52 bits per heavy atom. The average Bonchev–Trinajstić information content (AvgIpc) is 2.72. The van der Waals surface area contributed by atoms with Crippen LogP contribution in [0.3, 0.4) is 0 Å². The molecule has 4 nitrogen and oxygen atoms in total. The van der Waals surface area contributed by atoms with Gasteiger partial charge in [0.25, 0.3) is 0 Å². The highest BCUT2D eigenvalue weighted by atomic mass is 19.1. The lowest BCUT2D eigenvalue weighted by molar-refractivity contribution is 0.548. The average molecular weight is 426 g/mol. The van der Waals surface area contributed by atoms with E-state index in [2.05, 4.69) is 20.3 Å². The molecule has 158 valence electrons. The fourth-order valence-corrected chi connectivity index (χ4v) is 3.20. The molecule has 4 rings (SSSR count). The lowest BCUT2D eigenvalue weighted by Gasteiger charge is -2.17. The van der Waals surface area contributed by atoms with Crippen LogP contribution in [0.25, 0.3) is 33.5 Å². The summed E-state index contributed by atoms with van der Waals surface area (Å²) in [4.78, 5) is 13.1. The van der Waals surface area contributed by atoms with E-state index in [1.54, 1.807) is 12.1 Å². The number of aromatic nitrogens is 3. The minimum atomic E-state index is -1.05. The van der Waals surface area contributed by atoms with Crippen molar-refractivity contribution in [2.75, 3.05) is 11.9 Å². The van der Waals surface area contributed by atoms with E-state index >= 15 is 0 Å². The molecule has 2 aromatic carbocycles. The number of hydrogen-bond donors (Lipinski definition) is 1. The van der Waals surface area contributed by atoms with Crippen molar-refractivity contribution in [3.63, 3.8) is 0 Å². The van der Waals surface area contributed by atoms with Crippen molar-refractivity contribution in [3.05, 3.63) is 72.1 Å². The molecule has 0 aliphatic rings. The second kappa shape index (κ2) is 8.29. The highest BCUT2D eigenvalue weighted by Crippen LogP contribution is 2.36. The molecule has 0 bridgehead atoms. The van der Waals surface area contributed by atoms with E-state index in [0.717, 1.165) is 0 Å². The number of benzene rings is 2. The Morgan fingerprint density at radius 1 is 0.871 bits per heavy atom. The molecule has 0 aliphatic carbocycles. The van der Waals surface area contributed by atoms with Crippen molar-refractivity contribution in [1.29, 1.82) is 0 Å². The highest BCUT2D eigenvalue weighted by molar-refractivity contribution is 5.96. The summed E-state index contributed by atoms with van der Waals surface area (Å²) in [6.45, 7) is 4.44. The maximum atomic E-state index is 14.6.